The molecule has 0 amide bonds. The third-order valence-corrected chi connectivity index (χ3v) is 2.59. The Morgan fingerprint density at radius 1 is 1.20 bits per heavy atom. The molecule has 0 bridgehead atoms. The lowest BCUT2D eigenvalue weighted by Crippen LogP contribution is -1.98. The van der Waals surface area contributed by atoms with E-state index in [4.69, 9.17) is 0 Å². The van der Waals surface area contributed by atoms with Crippen molar-refractivity contribution >= 4 is 15.9 Å². The molecule has 0 saturated heterocycles. The second-order valence-electron chi connectivity index (χ2n) is 3.30. The van der Waals surface area contributed by atoms with Crippen molar-refractivity contribution in [2.45, 2.75) is 13.3 Å². The largest absolute Gasteiger partial charge is 0.153 e. The summed E-state index contributed by atoms with van der Waals surface area (Å²) in [5, 5.41) is 9.75. The minimum atomic E-state index is 0.915. The molecule has 0 saturated carbocycles. The normalized spacial score (nSPS) is 10.5. The summed E-state index contributed by atoms with van der Waals surface area (Å²) in [4.78, 5) is 1.69. The van der Waals surface area contributed by atoms with Crippen LogP contribution in [-0.2, 0) is 6.42 Å². The highest BCUT2D eigenvalue weighted by molar-refractivity contribution is 9.09. The molecule has 78 valence electrons. The lowest BCUT2D eigenvalue weighted by atomic mass is 10.3. The number of rotatable bonds is 3. The molecule has 2 aromatic rings. The fourth-order valence-electron chi connectivity index (χ4n) is 1.41. The SMILES string of the molecule is Cc1nn(-c2ccccc2)nc1CCBr. The first-order valence-electron chi connectivity index (χ1n) is 4.85. The fourth-order valence-corrected chi connectivity index (χ4v) is 1.78. The summed E-state index contributed by atoms with van der Waals surface area (Å²) in [6.07, 6.45) is 0.915. The van der Waals surface area contributed by atoms with Gasteiger partial charge < -0.3 is 0 Å². The number of halogens is 1. The van der Waals surface area contributed by atoms with Gasteiger partial charge in [-0.2, -0.15) is 15.0 Å². The Kier molecular flexibility index (Phi) is 3.16. The van der Waals surface area contributed by atoms with Crippen LogP contribution in [-0.4, -0.2) is 20.3 Å². The third-order valence-electron chi connectivity index (χ3n) is 2.20. The van der Waals surface area contributed by atoms with E-state index in [-0.39, 0.29) is 0 Å². The summed E-state index contributed by atoms with van der Waals surface area (Å²) in [7, 11) is 0. The number of aromatic nitrogens is 3. The van der Waals surface area contributed by atoms with Gasteiger partial charge in [0.25, 0.3) is 0 Å². The molecule has 0 spiro atoms. The van der Waals surface area contributed by atoms with Gasteiger partial charge in [0, 0.05) is 11.8 Å². The highest BCUT2D eigenvalue weighted by atomic mass is 79.9. The van der Waals surface area contributed by atoms with Gasteiger partial charge >= 0.3 is 0 Å². The van der Waals surface area contributed by atoms with Gasteiger partial charge in [-0.15, -0.1) is 0 Å². The smallest absolute Gasteiger partial charge is 0.0869 e. The minimum Gasteiger partial charge on any atom is -0.153 e. The molecule has 1 aromatic heterocycles. The van der Waals surface area contributed by atoms with E-state index in [2.05, 4.69) is 26.1 Å². The maximum absolute atomic E-state index is 4.45. The topological polar surface area (TPSA) is 30.7 Å². The monoisotopic (exact) mass is 265 g/mol. The standard InChI is InChI=1S/C11H12BrN3/c1-9-11(7-8-12)14-15(13-9)10-5-3-2-4-6-10/h2-6H,7-8H2,1H3. The predicted molar refractivity (Wildman–Crippen MR) is 63.6 cm³/mol. The van der Waals surface area contributed by atoms with E-state index in [0.717, 1.165) is 28.8 Å². The zero-order valence-corrected chi connectivity index (χ0v) is 10.1. The second-order valence-corrected chi connectivity index (χ2v) is 4.09. The average molecular weight is 266 g/mol. The molecule has 1 aromatic carbocycles. The Morgan fingerprint density at radius 3 is 2.60 bits per heavy atom. The second kappa shape index (κ2) is 4.57. The van der Waals surface area contributed by atoms with Crippen LogP contribution in [0.5, 0.6) is 0 Å². The summed E-state index contributed by atoms with van der Waals surface area (Å²) in [5.74, 6) is 0. The van der Waals surface area contributed by atoms with Gasteiger partial charge in [0.15, 0.2) is 0 Å². The molecule has 3 nitrogen and oxygen atoms in total. The Morgan fingerprint density at radius 2 is 1.93 bits per heavy atom. The lowest BCUT2D eigenvalue weighted by molar-refractivity contribution is 0.737. The Labute approximate surface area is 97.2 Å². The van der Waals surface area contributed by atoms with Crippen molar-refractivity contribution in [2.75, 3.05) is 5.33 Å². The van der Waals surface area contributed by atoms with Crippen molar-refractivity contribution in [3.05, 3.63) is 41.7 Å². The van der Waals surface area contributed by atoms with Gasteiger partial charge in [0.2, 0.25) is 0 Å². The third kappa shape index (κ3) is 2.26. The van der Waals surface area contributed by atoms with Crippen LogP contribution in [0.3, 0.4) is 0 Å². The summed E-state index contributed by atoms with van der Waals surface area (Å²) >= 11 is 3.41. The van der Waals surface area contributed by atoms with E-state index in [0.29, 0.717) is 0 Å². The van der Waals surface area contributed by atoms with Crippen molar-refractivity contribution in [3.8, 4) is 5.69 Å². The molecule has 4 heteroatoms. The van der Waals surface area contributed by atoms with Crippen molar-refractivity contribution in [3.63, 3.8) is 0 Å². The van der Waals surface area contributed by atoms with Gasteiger partial charge in [-0.05, 0) is 19.1 Å². The summed E-state index contributed by atoms with van der Waals surface area (Å²) < 4.78 is 0. The molecular weight excluding hydrogens is 254 g/mol. The van der Waals surface area contributed by atoms with E-state index in [1.165, 1.54) is 0 Å². The van der Waals surface area contributed by atoms with Crippen molar-refractivity contribution < 1.29 is 0 Å². The maximum Gasteiger partial charge on any atom is 0.0869 e. The van der Waals surface area contributed by atoms with Gasteiger partial charge in [-0.25, -0.2) is 0 Å². The van der Waals surface area contributed by atoms with Crippen LogP contribution in [0.1, 0.15) is 11.4 Å². The molecule has 2 rings (SSSR count). The predicted octanol–water partition coefficient (Wildman–Crippen LogP) is 2.51. The van der Waals surface area contributed by atoms with E-state index >= 15 is 0 Å². The first-order chi connectivity index (χ1) is 7.31. The van der Waals surface area contributed by atoms with Crippen molar-refractivity contribution in [1.82, 2.24) is 15.0 Å². The van der Waals surface area contributed by atoms with Crippen LogP contribution >= 0.6 is 15.9 Å². The van der Waals surface area contributed by atoms with Crippen molar-refractivity contribution in [1.29, 1.82) is 0 Å². The highest BCUT2D eigenvalue weighted by Gasteiger charge is 2.06. The molecule has 0 unspecified atom stereocenters. The fraction of sp³-hybridized carbons (Fsp3) is 0.273. The molecule has 0 atom stereocenters. The number of alkyl halides is 1. The molecular formula is C11H12BrN3. The van der Waals surface area contributed by atoms with Crippen LogP contribution in [0.15, 0.2) is 30.3 Å². The Bertz CT molecular complexity index is 436. The summed E-state index contributed by atoms with van der Waals surface area (Å²) in [6.45, 7) is 1.99. The van der Waals surface area contributed by atoms with Crippen LogP contribution < -0.4 is 0 Å². The molecule has 15 heavy (non-hydrogen) atoms. The number of aryl methyl sites for hydroxylation is 2. The van der Waals surface area contributed by atoms with E-state index in [9.17, 15) is 0 Å². The Hall–Kier alpha value is -1.16. The number of nitrogens with zero attached hydrogens (tertiary/aromatic N) is 3. The molecule has 1 heterocycles. The molecule has 0 fully saturated rings. The van der Waals surface area contributed by atoms with Gasteiger partial charge in [-0.3, -0.25) is 0 Å². The van der Waals surface area contributed by atoms with E-state index in [1.54, 1.807) is 4.80 Å². The van der Waals surface area contributed by atoms with Crippen LogP contribution in [0.25, 0.3) is 5.69 Å². The minimum absolute atomic E-state index is 0.915. The van der Waals surface area contributed by atoms with Gasteiger partial charge in [0.05, 0.1) is 17.1 Å². The van der Waals surface area contributed by atoms with Crippen LogP contribution in [0.4, 0.5) is 0 Å². The van der Waals surface area contributed by atoms with Crippen LogP contribution in [0, 0.1) is 6.92 Å². The molecule has 0 aliphatic rings. The number of para-hydroxylation sites is 1. The van der Waals surface area contributed by atoms with Crippen LogP contribution in [0.2, 0.25) is 0 Å². The highest BCUT2D eigenvalue weighted by Crippen LogP contribution is 2.08. The van der Waals surface area contributed by atoms with E-state index < -0.39 is 0 Å². The molecule has 0 N–H and O–H groups in total. The quantitative estimate of drug-likeness (QED) is 0.799. The molecule has 0 aliphatic heterocycles. The Balaban J connectivity index is 2.34. The number of benzene rings is 1. The van der Waals surface area contributed by atoms with Gasteiger partial charge in [-0.1, -0.05) is 34.1 Å². The molecule has 0 radical (unpaired) electrons. The maximum atomic E-state index is 4.45. The number of hydrogen-bond donors (Lipinski definition) is 0. The average Bonchev–Trinajstić information content (AvgIpc) is 2.63. The first kappa shape index (κ1) is 10.4. The van der Waals surface area contributed by atoms with Gasteiger partial charge in [0.1, 0.15) is 0 Å². The summed E-state index contributed by atoms with van der Waals surface area (Å²) in [5.41, 5.74) is 3.05. The van der Waals surface area contributed by atoms with Crippen molar-refractivity contribution in [2.24, 2.45) is 0 Å². The zero-order chi connectivity index (χ0) is 10.7. The number of hydrogen-bond acceptors (Lipinski definition) is 2. The summed E-state index contributed by atoms with van der Waals surface area (Å²) in [6, 6.07) is 9.95. The van der Waals surface area contributed by atoms with E-state index in [1.807, 2.05) is 37.3 Å². The first-order valence-corrected chi connectivity index (χ1v) is 5.97. The molecule has 0 aliphatic carbocycles. The lowest BCUT2D eigenvalue weighted by Gasteiger charge is -1.96. The zero-order valence-electron chi connectivity index (χ0n) is 8.52.